The van der Waals surface area contributed by atoms with Gasteiger partial charge in [-0.2, -0.15) is 5.10 Å². The fourth-order valence-corrected chi connectivity index (χ4v) is 3.68. The first kappa shape index (κ1) is 18.1. The van der Waals surface area contributed by atoms with Gasteiger partial charge in [-0.05, 0) is 38.0 Å². The summed E-state index contributed by atoms with van der Waals surface area (Å²) < 4.78 is 16.4. The van der Waals surface area contributed by atoms with E-state index in [9.17, 15) is 4.39 Å². The molecule has 0 amide bonds. The number of imidazole rings is 1. The lowest BCUT2D eigenvalue weighted by molar-refractivity contribution is 0.375. The maximum Gasteiger partial charge on any atom is 0.156 e. The highest BCUT2D eigenvalue weighted by atomic mass is 19.1. The molecule has 0 radical (unpaired) electrons. The highest BCUT2D eigenvalue weighted by Gasteiger charge is 2.27. The van der Waals surface area contributed by atoms with E-state index in [1.165, 1.54) is 11.6 Å². The Morgan fingerprint density at radius 3 is 2.96 bits per heavy atom. The number of nitrogens with one attached hydrogen (secondary N) is 2. The number of H-pyrrole nitrogens is 1. The Hall–Kier alpha value is -3.29. The van der Waals surface area contributed by atoms with E-state index in [0.29, 0.717) is 35.2 Å². The molecular weight excluding hydrogens is 357 g/mol. The van der Waals surface area contributed by atoms with Gasteiger partial charge in [0, 0.05) is 18.7 Å². The third kappa shape index (κ3) is 3.11. The van der Waals surface area contributed by atoms with Crippen LogP contribution >= 0.6 is 0 Å². The van der Waals surface area contributed by atoms with Crippen LogP contribution in [0.1, 0.15) is 29.7 Å². The molecule has 1 aliphatic rings. The van der Waals surface area contributed by atoms with Gasteiger partial charge in [-0.15, -0.1) is 0 Å². The Kier molecular flexibility index (Phi) is 4.77. The summed E-state index contributed by atoms with van der Waals surface area (Å²) in [5.74, 6) is 0.917. The van der Waals surface area contributed by atoms with Crippen LogP contribution in [0.3, 0.4) is 0 Å². The zero-order valence-corrected chi connectivity index (χ0v) is 15.9. The van der Waals surface area contributed by atoms with Crippen LogP contribution in [0.25, 0.3) is 11.3 Å². The van der Waals surface area contributed by atoms with Crippen LogP contribution in [0, 0.1) is 18.2 Å². The second-order valence-electron chi connectivity index (χ2n) is 6.71. The summed E-state index contributed by atoms with van der Waals surface area (Å²) in [5, 5.41) is 12.0. The first-order valence-electron chi connectivity index (χ1n) is 9.29. The first-order chi connectivity index (χ1) is 13.6. The summed E-state index contributed by atoms with van der Waals surface area (Å²) in [6.45, 7) is 6.06. The third-order valence-corrected chi connectivity index (χ3v) is 4.99. The van der Waals surface area contributed by atoms with Gasteiger partial charge in [-0.1, -0.05) is 12.1 Å². The molecule has 1 aliphatic heterocycles. The molecule has 0 spiro atoms. The van der Waals surface area contributed by atoms with E-state index in [4.69, 9.17) is 5.41 Å². The van der Waals surface area contributed by atoms with Crippen LogP contribution in [-0.4, -0.2) is 43.4 Å². The predicted octanol–water partition coefficient (Wildman–Crippen LogP) is 3.15. The smallest absolute Gasteiger partial charge is 0.156 e. The van der Waals surface area contributed by atoms with Crippen LogP contribution in [0.4, 0.5) is 4.39 Å². The van der Waals surface area contributed by atoms with Crippen molar-refractivity contribution in [2.24, 2.45) is 4.99 Å². The van der Waals surface area contributed by atoms with E-state index in [-0.39, 0.29) is 5.82 Å². The van der Waals surface area contributed by atoms with E-state index in [1.54, 1.807) is 18.2 Å². The number of fused-ring (bicyclic) bond motifs is 1. The van der Waals surface area contributed by atoms with Crippen molar-refractivity contribution in [1.82, 2.24) is 24.6 Å². The second kappa shape index (κ2) is 7.38. The van der Waals surface area contributed by atoms with Crippen molar-refractivity contribution < 1.29 is 4.39 Å². The van der Waals surface area contributed by atoms with E-state index < -0.39 is 0 Å². The molecule has 1 aromatic carbocycles. The number of aryl methyl sites for hydroxylation is 2. The molecule has 3 heterocycles. The number of benzene rings is 1. The fraction of sp³-hybridized carbons (Fsp3) is 0.300. The molecule has 28 heavy (non-hydrogen) atoms. The average molecular weight is 379 g/mol. The van der Waals surface area contributed by atoms with Crippen molar-refractivity contribution in [2.45, 2.75) is 33.4 Å². The molecule has 7 nitrogen and oxygen atoms in total. The Bertz CT molecular complexity index is 1030. The minimum Gasteiger partial charge on any atom is -0.349 e. The van der Waals surface area contributed by atoms with Crippen LogP contribution in [-0.2, 0) is 19.5 Å². The quantitative estimate of drug-likeness (QED) is 0.539. The van der Waals surface area contributed by atoms with Crippen LogP contribution in [0.2, 0.25) is 0 Å². The van der Waals surface area contributed by atoms with Crippen molar-refractivity contribution in [1.29, 1.82) is 5.41 Å². The van der Waals surface area contributed by atoms with Crippen molar-refractivity contribution in [2.75, 3.05) is 6.54 Å². The Morgan fingerprint density at radius 1 is 1.39 bits per heavy atom. The summed E-state index contributed by atoms with van der Waals surface area (Å²) >= 11 is 0. The number of rotatable bonds is 4. The SMILES string of the molecule is CCn1ncc2c1CN(C(=NC=N)c1[nH]c(C)nc1-c1ccccc1F)CC2. The molecular formula is C20H22FN7. The molecule has 144 valence electrons. The summed E-state index contributed by atoms with van der Waals surface area (Å²) in [6, 6.07) is 6.57. The molecule has 0 unspecified atom stereocenters. The van der Waals surface area contributed by atoms with Gasteiger partial charge < -0.3 is 9.88 Å². The maximum absolute atomic E-state index is 14.4. The van der Waals surface area contributed by atoms with E-state index >= 15 is 0 Å². The van der Waals surface area contributed by atoms with E-state index in [1.807, 2.05) is 17.8 Å². The highest BCUT2D eigenvalue weighted by Crippen LogP contribution is 2.28. The number of aromatic nitrogens is 4. The van der Waals surface area contributed by atoms with Crippen molar-refractivity contribution in [3.05, 3.63) is 59.1 Å². The zero-order chi connectivity index (χ0) is 19.7. The van der Waals surface area contributed by atoms with Crippen molar-refractivity contribution in [3.63, 3.8) is 0 Å². The van der Waals surface area contributed by atoms with Gasteiger partial charge in [0.05, 0.1) is 18.4 Å². The lowest BCUT2D eigenvalue weighted by atomic mass is 10.1. The maximum atomic E-state index is 14.4. The van der Waals surface area contributed by atoms with E-state index in [0.717, 1.165) is 31.5 Å². The minimum absolute atomic E-state index is 0.338. The average Bonchev–Trinajstić information content (AvgIpc) is 3.29. The number of amidine groups is 1. The number of hydrogen-bond donors (Lipinski definition) is 2. The zero-order valence-electron chi connectivity index (χ0n) is 15.9. The minimum atomic E-state index is -0.338. The number of halogens is 1. The molecule has 0 atom stereocenters. The monoisotopic (exact) mass is 379 g/mol. The number of aromatic amines is 1. The molecule has 8 heteroatoms. The standard InChI is InChI=1S/C20H22FN7/c1-3-28-17-11-27(9-8-14(17)10-24-28)20(23-12-22)19-18(25-13(2)26-19)15-6-4-5-7-16(15)21/h4-7,10,12,22H,3,8-9,11H2,1-2H3,(H,25,26). The van der Waals surface area contributed by atoms with Crippen LogP contribution in [0.5, 0.6) is 0 Å². The van der Waals surface area contributed by atoms with Gasteiger partial charge in [-0.25, -0.2) is 14.4 Å². The largest absolute Gasteiger partial charge is 0.349 e. The molecule has 0 saturated heterocycles. The summed E-state index contributed by atoms with van der Waals surface area (Å²) in [4.78, 5) is 14.2. The van der Waals surface area contributed by atoms with Crippen LogP contribution in [0.15, 0.2) is 35.5 Å². The van der Waals surface area contributed by atoms with Crippen LogP contribution < -0.4 is 0 Å². The van der Waals surface area contributed by atoms with Gasteiger partial charge in [0.2, 0.25) is 0 Å². The van der Waals surface area contributed by atoms with E-state index in [2.05, 4.69) is 31.9 Å². The number of aliphatic imine (C=N–C) groups is 1. The normalized spacial score (nSPS) is 14.2. The third-order valence-electron chi connectivity index (χ3n) is 4.99. The molecule has 0 bridgehead atoms. The summed E-state index contributed by atoms with van der Waals surface area (Å²) in [5.41, 5.74) is 3.93. The lowest BCUT2D eigenvalue weighted by Crippen LogP contribution is -2.38. The van der Waals surface area contributed by atoms with Crippen molar-refractivity contribution >= 4 is 12.2 Å². The van der Waals surface area contributed by atoms with Gasteiger partial charge in [0.1, 0.15) is 29.4 Å². The Morgan fingerprint density at radius 2 is 2.21 bits per heavy atom. The highest BCUT2D eigenvalue weighted by molar-refractivity contribution is 6.05. The first-order valence-corrected chi connectivity index (χ1v) is 9.29. The molecule has 2 aromatic heterocycles. The van der Waals surface area contributed by atoms with Gasteiger partial charge in [0.25, 0.3) is 0 Å². The summed E-state index contributed by atoms with van der Waals surface area (Å²) in [7, 11) is 0. The fourth-order valence-electron chi connectivity index (χ4n) is 3.68. The van der Waals surface area contributed by atoms with Gasteiger partial charge in [-0.3, -0.25) is 10.1 Å². The number of hydrogen-bond acceptors (Lipinski definition) is 3. The topological polar surface area (TPSA) is 86.0 Å². The molecule has 0 aliphatic carbocycles. The Balaban J connectivity index is 1.78. The van der Waals surface area contributed by atoms with Gasteiger partial charge >= 0.3 is 0 Å². The molecule has 4 rings (SSSR count). The number of nitrogens with zero attached hydrogens (tertiary/aromatic N) is 5. The molecule has 3 aromatic rings. The van der Waals surface area contributed by atoms with Crippen molar-refractivity contribution in [3.8, 4) is 11.3 Å². The molecule has 2 N–H and O–H groups in total. The second-order valence-corrected chi connectivity index (χ2v) is 6.71. The lowest BCUT2D eigenvalue weighted by Gasteiger charge is -2.30. The molecule has 0 fully saturated rings. The summed E-state index contributed by atoms with van der Waals surface area (Å²) in [6.07, 6.45) is 3.78. The molecule has 0 saturated carbocycles. The van der Waals surface area contributed by atoms with Gasteiger partial charge in [0.15, 0.2) is 5.84 Å². The Labute approximate surface area is 162 Å². The predicted molar refractivity (Wildman–Crippen MR) is 106 cm³/mol.